The van der Waals surface area contributed by atoms with Crippen LogP contribution in [0, 0.1) is 20.8 Å². The van der Waals surface area contributed by atoms with Gasteiger partial charge in [-0.3, -0.25) is 19.6 Å². The molecule has 4 N–H and O–H groups in total. The Kier molecular flexibility index (Phi) is 21.6. The minimum absolute atomic E-state index is 0.0486. The molecule has 7 aromatic rings. The normalized spacial score (nSPS) is 17.1. The summed E-state index contributed by atoms with van der Waals surface area (Å²) in [6.45, 7) is 24.3. The van der Waals surface area contributed by atoms with Crippen LogP contribution in [-0.2, 0) is 30.9 Å². The van der Waals surface area contributed by atoms with E-state index in [1.54, 1.807) is 43.8 Å². The van der Waals surface area contributed by atoms with Gasteiger partial charge in [0.1, 0.15) is 17.3 Å². The summed E-state index contributed by atoms with van der Waals surface area (Å²) in [6.07, 6.45) is 0. The number of methoxy groups -OCH3 is 2. The van der Waals surface area contributed by atoms with Crippen molar-refractivity contribution in [3.63, 3.8) is 0 Å². The first-order chi connectivity index (χ1) is 35.3. The maximum absolute atomic E-state index is 10.8. The Morgan fingerprint density at radius 3 is 1.68 bits per heavy atom. The molecular formula is C51H70N14O5S3. The van der Waals surface area contributed by atoms with E-state index in [1.165, 1.54) is 22.5 Å². The molecule has 2 aromatic carbocycles. The van der Waals surface area contributed by atoms with Gasteiger partial charge >= 0.3 is 0 Å². The molecule has 8 heterocycles. The Morgan fingerprint density at radius 2 is 1.21 bits per heavy atom. The molecule has 73 heavy (non-hydrogen) atoms. The summed E-state index contributed by atoms with van der Waals surface area (Å²) in [4.78, 5) is 33.1. The number of aliphatic hydroxyl groups excluding tert-OH is 1. The van der Waals surface area contributed by atoms with Crippen LogP contribution in [-0.4, -0.2) is 137 Å². The summed E-state index contributed by atoms with van der Waals surface area (Å²) < 4.78 is 20.4. The number of carbonyl (C=O) groups is 1. The van der Waals surface area contributed by atoms with Gasteiger partial charge in [-0.25, -0.2) is 15.0 Å². The van der Waals surface area contributed by atoms with E-state index in [-0.39, 0.29) is 37.1 Å². The van der Waals surface area contributed by atoms with E-state index in [0.29, 0.717) is 11.6 Å². The highest BCUT2D eigenvalue weighted by molar-refractivity contribution is 7.13. The summed E-state index contributed by atoms with van der Waals surface area (Å²) in [5.74, 6) is 6.38. The molecule has 0 saturated carbocycles. The lowest BCUT2D eigenvalue weighted by Crippen LogP contribution is -2.44. The molecule has 0 saturated heterocycles. The third kappa shape index (κ3) is 15.4. The van der Waals surface area contributed by atoms with Gasteiger partial charge in [0.05, 0.1) is 52.0 Å². The van der Waals surface area contributed by atoms with Gasteiger partial charge in [-0.1, -0.05) is 24.3 Å². The Labute approximate surface area is 440 Å². The van der Waals surface area contributed by atoms with Crippen LogP contribution in [0.1, 0.15) is 96.4 Å². The predicted molar refractivity (Wildman–Crippen MR) is 290 cm³/mol. The number of aromatic nitrogens is 9. The molecule has 5 aromatic heterocycles. The highest BCUT2D eigenvalue weighted by Crippen LogP contribution is 2.31. The Hall–Kier alpha value is -5.85. The van der Waals surface area contributed by atoms with E-state index in [9.17, 15) is 4.79 Å². The van der Waals surface area contributed by atoms with Crippen molar-refractivity contribution in [3.05, 3.63) is 110 Å². The number of rotatable bonds is 11. The van der Waals surface area contributed by atoms with Crippen LogP contribution in [0.25, 0.3) is 21.7 Å². The topological polar surface area (TPSA) is 222 Å². The van der Waals surface area contributed by atoms with Crippen molar-refractivity contribution in [3.8, 4) is 33.2 Å². The first-order valence-electron chi connectivity index (χ1n) is 24.4. The molecule has 3 atom stereocenters. The number of Topliss-reactive ketones (excluding diaryl/α,β-unsaturated/α-hetero) is 1. The van der Waals surface area contributed by atoms with Crippen LogP contribution in [0.15, 0.2) is 69.7 Å². The number of aryl methyl sites for hydroxylation is 3. The summed E-state index contributed by atoms with van der Waals surface area (Å²) in [5.41, 5.74) is 10.6. The SMILES string of the molecule is CCO.CCOC1=NCCN(Cc2ccc(OC)cc2)C1C.COc1ccc(CN2CCn3c(-c4nc(C)cs4)nnc3C2C)cc1.Cc1csc(-c2nnc3n2CCNC3C)n1.Cc1csc(C(=O)CN)n1. The summed E-state index contributed by atoms with van der Waals surface area (Å²) in [5, 5.41) is 36.7. The van der Waals surface area contributed by atoms with Crippen LogP contribution >= 0.6 is 34.0 Å². The maximum Gasteiger partial charge on any atom is 0.204 e. The number of benzene rings is 2. The van der Waals surface area contributed by atoms with Crippen LogP contribution in [0.4, 0.5) is 0 Å². The minimum atomic E-state index is -0.0851. The van der Waals surface area contributed by atoms with E-state index in [1.807, 2.05) is 62.7 Å². The van der Waals surface area contributed by atoms with Gasteiger partial charge < -0.3 is 39.5 Å². The van der Waals surface area contributed by atoms with Gasteiger partial charge in [-0.05, 0) is 90.8 Å². The Morgan fingerprint density at radius 1 is 0.699 bits per heavy atom. The molecule has 0 amide bonds. The number of nitrogens with one attached hydrogen (secondary N) is 1. The number of hydrogen-bond acceptors (Lipinski definition) is 20. The van der Waals surface area contributed by atoms with Gasteiger partial charge in [0, 0.05) is 85.6 Å². The average molecular weight is 1060 g/mol. The molecule has 0 aliphatic carbocycles. The van der Waals surface area contributed by atoms with Crippen LogP contribution in [0.3, 0.4) is 0 Å². The molecule has 10 rings (SSSR count). The largest absolute Gasteiger partial charge is 0.497 e. The number of nitrogens with zero attached hydrogens (tertiary/aromatic N) is 12. The fourth-order valence-corrected chi connectivity index (χ4v) is 10.3. The van der Waals surface area contributed by atoms with E-state index < -0.39 is 0 Å². The highest BCUT2D eigenvalue weighted by atomic mass is 32.1. The first kappa shape index (κ1) is 56.4. The summed E-state index contributed by atoms with van der Waals surface area (Å²) in [7, 11) is 3.38. The maximum atomic E-state index is 10.8. The van der Waals surface area contributed by atoms with E-state index >= 15 is 0 Å². The van der Waals surface area contributed by atoms with Crippen molar-refractivity contribution >= 4 is 45.7 Å². The average Bonchev–Trinajstić information content (AvgIpc) is 4.27. The number of aliphatic imine (C=N–C) groups is 1. The summed E-state index contributed by atoms with van der Waals surface area (Å²) in [6, 6.07) is 17.2. The van der Waals surface area contributed by atoms with Crippen molar-refractivity contribution in [1.29, 1.82) is 0 Å². The zero-order chi connectivity index (χ0) is 52.4. The second-order valence-electron chi connectivity index (χ2n) is 17.2. The molecule has 3 aliphatic rings. The lowest BCUT2D eigenvalue weighted by Gasteiger charge is -2.33. The number of ketones is 1. The van der Waals surface area contributed by atoms with Gasteiger partial charge in [-0.2, -0.15) is 0 Å². The standard InChI is InChI=1S/C18H21N5OS.C15H22N2O2.C10H13N5S.C6H8N2OS.C2H6O/c1-12-11-25-18(19-12)17-21-20-16-13(2)22(8-9-23(16)17)10-14-4-6-15(24-3)7-5-14;1-4-19-15-12(2)17(10-9-16-15)11-13-5-7-14(18-3)8-6-13;1-6-5-16-10(12-6)9-14-13-8-7(2)11-3-4-15(8)9;1-4-3-10-6(8-4)5(9)2-7;1-2-3/h4-7,11,13H,8-10H2,1-3H3;5-8,12H,4,9-11H2,1-3H3;5,7,11H,3-4H2,1-2H3;3H,2,7H2,1H3;3H,2H2,1H3. The van der Waals surface area contributed by atoms with Crippen molar-refractivity contribution in [1.82, 2.24) is 59.6 Å². The molecule has 3 aliphatic heterocycles. The molecule has 0 bridgehead atoms. The fraction of sp³-hybridized carbons (Fsp3) is 0.471. The molecule has 0 fully saturated rings. The number of carbonyl (C=O) groups excluding carboxylic acids is 1. The molecule has 22 heteroatoms. The Balaban J connectivity index is 0.000000162. The van der Waals surface area contributed by atoms with Crippen molar-refractivity contribution in [2.75, 3.05) is 60.2 Å². The zero-order valence-corrected chi connectivity index (χ0v) is 46.1. The van der Waals surface area contributed by atoms with Crippen molar-refractivity contribution < 1.29 is 24.1 Å². The molecule has 392 valence electrons. The van der Waals surface area contributed by atoms with Crippen LogP contribution in [0.2, 0.25) is 0 Å². The predicted octanol–water partition coefficient (Wildman–Crippen LogP) is 7.60. The third-order valence-electron chi connectivity index (χ3n) is 11.9. The van der Waals surface area contributed by atoms with Gasteiger partial charge in [0.25, 0.3) is 0 Å². The number of hydrogen-bond donors (Lipinski definition) is 3. The summed E-state index contributed by atoms with van der Waals surface area (Å²) >= 11 is 4.60. The van der Waals surface area contributed by atoms with Crippen LogP contribution < -0.4 is 20.5 Å². The number of fused-ring (bicyclic) bond motifs is 2. The monoisotopic (exact) mass is 1050 g/mol. The number of nitrogens with two attached hydrogens (primary N) is 1. The third-order valence-corrected chi connectivity index (χ3v) is 14.8. The van der Waals surface area contributed by atoms with E-state index in [2.05, 4.69) is 115 Å². The molecule has 3 unspecified atom stereocenters. The van der Waals surface area contributed by atoms with Crippen molar-refractivity contribution in [2.24, 2.45) is 10.7 Å². The Bertz CT molecular complexity index is 2800. The lowest BCUT2D eigenvalue weighted by atomic mass is 10.1. The fourth-order valence-electron chi connectivity index (χ4n) is 8.02. The highest BCUT2D eigenvalue weighted by Gasteiger charge is 2.30. The number of aliphatic hydroxyl groups is 1. The number of ether oxygens (including phenoxy) is 3. The number of thiazole rings is 3. The molecular weight excluding hydrogens is 985 g/mol. The van der Waals surface area contributed by atoms with Crippen LogP contribution in [0.5, 0.6) is 11.5 Å². The van der Waals surface area contributed by atoms with Gasteiger partial charge in [-0.15, -0.1) is 54.4 Å². The van der Waals surface area contributed by atoms with E-state index in [0.717, 1.165) is 120 Å². The molecule has 0 spiro atoms. The van der Waals surface area contributed by atoms with Gasteiger partial charge in [0.2, 0.25) is 11.7 Å². The van der Waals surface area contributed by atoms with E-state index in [4.69, 9.17) is 25.1 Å². The minimum Gasteiger partial charge on any atom is -0.497 e. The van der Waals surface area contributed by atoms with Gasteiger partial charge in [0.15, 0.2) is 32.5 Å². The smallest absolute Gasteiger partial charge is 0.204 e. The second-order valence-corrected chi connectivity index (χ2v) is 19.8. The molecule has 0 radical (unpaired) electrons. The zero-order valence-electron chi connectivity index (χ0n) is 43.6. The first-order valence-corrected chi connectivity index (χ1v) is 27.1. The quantitative estimate of drug-likeness (QED) is 0.106. The lowest BCUT2D eigenvalue weighted by molar-refractivity contribution is 0.100. The van der Waals surface area contributed by atoms with Crippen molar-refractivity contribution in [2.45, 2.75) is 99.7 Å². The second kappa shape index (κ2) is 28.0. The molecule has 19 nitrogen and oxygen atoms in total.